The Morgan fingerprint density at radius 1 is 1.03 bits per heavy atom. The van der Waals surface area contributed by atoms with E-state index >= 15 is 0 Å². The summed E-state index contributed by atoms with van der Waals surface area (Å²) >= 11 is 1.62. The van der Waals surface area contributed by atoms with E-state index in [1.165, 1.54) is 4.70 Å². The molecule has 6 rings (SSSR count). The van der Waals surface area contributed by atoms with Crippen LogP contribution in [0.25, 0.3) is 10.1 Å². The van der Waals surface area contributed by atoms with Gasteiger partial charge in [-0.1, -0.05) is 42.5 Å². The third-order valence-electron chi connectivity index (χ3n) is 9.38. The van der Waals surface area contributed by atoms with Crippen LogP contribution >= 0.6 is 11.3 Å². The van der Waals surface area contributed by atoms with Gasteiger partial charge < -0.3 is 21.1 Å². The number of carbonyl (C=O) groups excluding carboxylic acids is 1. The molecule has 4 atom stereocenters. The number of carbonyl (C=O) groups is 1. The van der Waals surface area contributed by atoms with E-state index in [1.807, 2.05) is 12.1 Å². The van der Waals surface area contributed by atoms with Crippen LogP contribution in [0, 0.1) is 23.7 Å². The van der Waals surface area contributed by atoms with Crippen molar-refractivity contribution in [3.63, 3.8) is 0 Å². The first kappa shape index (κ1) is 25.6. The Kier molecular flexibility index (Phi) is 7.32. The van der Waals surface area contributed by atoms with Crippen LogP contribution in [0.5, 0.6) is 0 Å². The molecular weight excluding hydrogens is 492 g/mol. The second-order valence-corrected chi connectivity index (χ2v) is 12.9. The summed E-state index contributed by atoms with van der Waals surface area (Å²) < 4.78 is 8.13. The number of guanidine groups is 1. The maximum Gasteiger partial charge on any atom is 0.264 e. The van der Waals surface area contributed by atoms with E-state index in [0.717, 1.165) is 68.2 Å². The molecule has 2 heterocycles. The lowest BCUT2D eigenvalue weighted by Crippen LogP contribution is -2.51. The second kappa shape index (κ2) is 10.9. The predicted molar refractivity (Wildman–Crippen MR) is 155 cm³/mol. The molecule has 7 heteroatoms. The number of hydrogen-bond donors (Lipinski definition) is 2. The fourth-order valence-electron chi connectivity index (χ4n) is 7.41. The lowest BCUT2D eigenvalue weighted by Gasteiger charge is -2.42. The second-order valence-electron chi connectivity index (χ2n) is 11.8. The molecule has 3 aliphatic carbocycles. The molecule has 38 heavy (non-hydrogen) atoms. The topological polar surface area (TPSA) is 93.9 Å². The average Bonchev–Trinajstić information content (AvgIpc) is 3.51. The molecule has 2 aromatic rings. The zero-order chi connectivity index (χ0) is 26.1. The van der Waals surface area contributed by atoms with Crippen molar-refractivity contribution in [3.8, 4) is 0 Å². The number of nitrogens with two attached hydrogens (primary N) is 2. The molecule has 1 saturated carbocycles. The number of hydrogen-bond acceptors (Lipinski definition) is 4. The largest absolute Gasteiger partial charge is 0.370 e. The van der Waals surface area contributed by atoms with E-state index in [0.29, 0.717) is 36.8 Å². The van der Waals surface area contributed by atoms with Crippen LogP contribution in [0.2, 0.25) is 0 Å². The van der Waals surface area contributed by atoms with Crippen LogP contribution in [0.4, 0.5) is 0 Å². The van der Waals surface area contributed by atoms with E-state index in [9.17, 15) is 4.79 Å². The monoisotopic (exact) mass is 532 g/mol. The number of ether oxygens (including phenoxy) is 1. The standard InChI is InChI=1S/C31H40N4O2S/c32-30(33)34-18-21-12-14-22(15-13-21)19-35(29(36)28-17-23-7-1-4-11-27(23)38-28)20-31-16-6-5-9-25(31)24-8-2-3-10-26(24)37-31/h1-7,11,17,21-22,24-26H,8-10,12-16,18-20H2,(H4,32,33,34). The number of thiophene rings is 1. The van der Waals surface area contributed by atoms with Crippen molar-refractivity contribution in [2.45, 2.75) is 63.1 Å². The van der Waals surface area contributed by atoms with Crippen molar-refractivity contribution < 1.29 is 9.53 Å². The summed E-state index contributed by atoms with van der Waals surface area (Å²) in [6.07, 6.45) is 18.0. The molecule has 1 aliphatic heterocycles. The molecule has 1 saturated heterocycles. The van der Waals surface area contributed by atoms with Crippen LogP contribution in [-0.2, 0) is 4.74 Å². The molecule has 1 amide bonds. The zero-order valence-electron chi connectivity index (χ0n) is 22.1. The van der Waals surface area contributed by atoms with Crippen molar-refractivity contribution in [2.75, 3.05) is 19.6 Å². The van der Waals surface area contributed by atoms with E-state index < -0.39 is 0 Å². The van der Waals surface area contributed by atoms with Crippen LogP contribution in [0.1, 0.15) is 61.0 Å². The van der Waals surface area contributed by atoms with Gasteiger partial charge >= 0.3 is 0 Å². The molecule has 0 radical (unpaired) electrons. The van der Waals surface area contributed by atoms with Crippen LogP contribution in [0.15, 0.2) is 59.6 Å². The highest BCUT2D eigenvalue weighted by Gasteiger charge is 2.55. The summed E-state index contributed by atoms with van der Waals surface area (Å²) in [6, 6.07) is 10.4. The smallest absolute Gasteiger partial charge is 0.264 e. The number of allylic oxidation sites excluding steroid dienone is 2. The zero-order valence-corrected chi connectivity index (χ0v) is 23.0. The van der Waals surface area contributed by atoms with E-state index in [1.54, 1.807) is 11.3 Å². The van der Waals surface area contributed by atoms with Crippen LogP contribution in [0.3, 0.4) is 0 Å². The Hall–Kier alpha value is -2.64. The summed E-state index contributed by atoms with van der Waals surface area (Å²) in [4.78, 5) is 21.5. The van der Waals surface area contributed by atoms with Gasteiger partial charge in [-0.25, -0.2) is 0 Å². The Labute approximate surface area is 229 Å². The van der Waals surface area contributed by atoms with Crippen molar-refractivity contribution in [3.05, 3.63) is 59.5 Å². The average molecular weight is 533 g/mol. The van der Waals surface area contributed by atoms with E-state index in [2.05, 4.69) is 52.4 Å². The molecule has 4 aliphatic rings. The highest BCUT2D eigenvalue weighted by molar-refractivity contribution is 7.20. The molecule has 1 aromatic heterocycles. The lowest BCUT2D eigenvalue weighted by atomic mass is 9.70. The van der Waals surface area contributed by atoms with Gasteiger partial charge in [-0.3, -0.25) is 9.79 Å². The highest BCUT2D eigenvalue weighted by Crippen LogP contribution is 2.51. The molecule has 2 fully saturated rings. The molecule has 202 valence electrons. The van der Waals surface area contributed by atoms with Crippen molar-refractivity contribution in [1.82, 2.24) is 4.90 Å². The fraction of sp³-hybridized carbons (Fsp3) is 0.548. The van der Waals surface area contributed by atoms with Gasteiger partial charge in [-0.15, -0.1) is 11.3 Å². The summed E-state index contributed by atoms with van der Waals surface area (Å²) in [7, 11) is 0. The first-order valence-electron chi connectivity index (χ1n) is 14.3. The van der Waals surface area contributed by atoms with Gasteiger partial charge in [0.1, 0.15) is 0 Å². The van der Waals surface area contributed by atoms with Gasteiger partial charge in [0.15, 0.2) is 5.96 Å². The van der Waals surface area contributed by atoms with Crippen molar-refractivity contribution in [1.29, 1.82) is 0 Å². The lowest BCUT2D eigenvalue weighted by molar-refractivity contribution is -0.0749. The minimum Gasteiger partial charge on any atom is -0.370 e. The first-order chi connectivity index (χ1) is 18.5. The number of nitrogens with zero attached hydrogens (tertiary/aromatic N) is 2. The molecule has 0 bridgehead atoms. The van der Waals surface area contributed by atoms with Gasteiger partial charge in [0.25, 0.3) is 5.91 Å². The van der Waals surface area contributed by atoms with Crippen LogP contribution in [-0.4, -0.2) is 48.1 Å². The quantitative estimate of drug-likeness (QED) is 0.280. The molecule has 6 nitrogen and oxygen atoms in total. The number of amides is 1. The molecule has 4 unspecified atom stereocenters. The number of benzene rings is 1. The normalized spacial score (nSPS) is 32.1. The number of rotatable bonds is 7. The summed E-state index contributed by atoms with van der Waals surface area (Å²) in [5.41, 5.74) is 10.8. The van der Waals surface area contributed by atoms with Crippen molar-refractivity contribution in [2.24, 2.45) is 40.1 Å². The maximum atomic E-state index is 14.2. The molecule has 1 aromatic carbocycles. The summed E-state index contributed by atoms with van der Waals surface area (Å²) in [6.45, 7) is 2.18. The van der Waals surface area contributed by atoms with Gasteiger partial charge in [-0.2, -0.15) is 0 Å². The molecule has 0 spiro atoms. The Morgan fingerprint density at radius 2 is 1.79 bits per heavy atom. The van der Waals surface area contributed by atoms with Gasteiger partial charge in [-0.05, 0) is 92.6 Å². The predicted octanol–water partition coefficient (Wildman–Crippen LogP) is 5.49. The van der Waals surface area contributed by atoms with Crippen LogP contribution < -0.4 is 11.5 Å². The maximum absolute atomic E-state index is 14.2. The third kappa shape index (κ3) is 5.15. The van der Waals surface area contributed by atoms with Gasteiger partial charge in [0, 0.05) is 17.8 Å². The molecule has 4 N–H and O–H groups in total. The minimum absolute atomic E-state index is 0.160. The van der Waals surface area contributed by atoms with Gasteiger partial charge in [0.2, 0.25) is 0 Å². The van der Waals surface area contributed by atoms with Gasteiger partial charge in [0.05, 0.1) is 23.1 Å². The third-order valence-corrected chi connectivity index (χ3v) is 10.5. The number of fused-ring (bicyclic) bond motifs is 4. The Bertz CT molecular complexity index is 1210. The molecular formula is C31H40N4O2S. The highest BCUT2D eigenvalue weighted by atomic mass is 32.1. The Balaban J connectivity index is 1.24. The summed E-state index contributed by atoms with van der Waals surface area (Å²) in [5.74, 6) is 2.37. The fourth-order valence-corrected chi connectivity index (χ4v) is 8.44. The number of aliphatic imine (C=N–C) groups is 1. The van der Waals surface area contributed by atoms with Crippen molar-refractivity contribution >= 4 is 33.3 Å². The van der Waals surface area contributed by atoms with E-state index in [-0.39, 0.29) is 23.6 Å². The Morgan fingerprint density at radius 3 is 2.61 bits per heavy atom. The SMILES string of the molecule is NC(N)=NCC1CCC(CN(CC23CC=CCC2C2CC=CCC2O3)C(=O)c2cc3ccccc3s2)CC1. The summed E-state index contributed by atoms with van der Waals surface area (Å²) in [5, 5.41) is 1.15. The minimum atomic E-state index is -0.285. The first-order valence-corrected chi connectivity index (χ1v) is 15.1. The van der Waals surface area contributed by atoms with E-state index in [4.69, 9.17) is 16.2 Å².